The molecular weight excluding hydrogens is 476 g/mol. The highest BCUT2D eigenvalue weighted by Crippen LogP contribution is 2.38. The van der Waals surface area contributed by atoms with Crippen molar-refractivity contribution in [2.24, 2.45) is 0 Å². The highest BCUT2D eigenvalue weighted by molar-refractivity contribution is 7.99. The third-order valence-corrected chi connectivity index (χ3v) is 8.42. The molecule has 3 aromatic rings. The van der Waals surface area contributed by atoms with E-state index in [-0.39, 0.29) is 24.3 Å². The number of rotatable bonds is 8. The van der Waals surface area contributed by atoms with Crippen molar-refractivity contribution < 1.29 is 14.3 Å². The first-order valence-corrected chi connectivity index (χ1v) is 13.8. The lowest BCUT2D eigenvalue weighted by Gasteiger charge is -2.16. The number of esters is 1. The first kappa shape index (κ1) is 24.0. The van der Waals surface area contributed by atoms with Crippen molar-refractivity contribution in [3.8, 4) is 11.4 Å². The maximum absolute atomic E-state index is 12.7. The lowest BCUT2D eigenvalue weighted by Crippen LogP contribution is -2.16. The first-order chi connectivity index (χ1) is 15.9. The number of thioether (sulfide) groups is 1. The van der Waals surface area contributed by atoms with Gasteiger partial charge in [-0.25, -0.2) is 4.79 Å². The van der Waals surface area contributed by atoms with Crippen molar-refractivity contribution in [3.63, 3.8) is 0 Å². The number of fused-ring (bicyclic) bond motifs is 1. The zero-order valence-corrected chi connectivity index (χ0v) is 21.7. The predicted molar refractivity (Wildman–Crippen MR) is 135 cm³/mol. The van der Waals surface area contributed by atoms with E-state index in [1.54, 1.807) is 13.0 Å². The lowest BCUT2D eigenvalue weighted by atomic mass is 9.95. The molecule has 176 valence electrons. The molecule has 0 fully saturated rings. The van der Waals surface area contributed by atoms with Crippen LogP contribution in [-0.4, -0.2) is 39.0 Å². The van der Waals surface area contributed by atoms with Crippen LogP contribution in [-0.2, 0) is 22.4 Å². The van der Waals surface area contributed by atoms with Gasteiger partial charge in [0.2, 0.25) is 5.91 Å². The van der Waals surface area contributed by atoms with E-state index in [4.69, 9.17) is 4.74 Å². The van der Waals surface area contributed by atoms with E-state index in [9.17, 15) is 9.59 Å². The molecular formula is C23H28N4O3S3. The minimum Gasteiger partial charge on any atom is -0.462 e. The van der Waals surface area contributed by atoms with Gasteiger partial charge in [-0.15, -0.1) is 32.9 Å². The van der Waals surface area contributed by atoms with Crippen LogP contribution in [0.5, 0.6) is 0 Å². The van der Waals surface area contributed by atoms with Crippen LogP contribution in [0, 0.1) is 6.92 Å². The van der Waals surface area contributed by atoms with Crippen LogP contribution in [0.3, 0.4) is 0 Å². The molecule has 1 N–H and O–H groups in total. The van der Waals surface area contributed by atoms with Crippen molar-refractivity contribution in [1.82, 2.24) is 14.8 Å². The molecule has 10 heteroatoms. The lowest BCUT2D eigenvalue weighted by molar-refractivity contribution is -0.113. The molecule has 0 unspecified atom stereocenters. The van der Waals surface area contributed by atoms with Gasteiger partial charge in [0.1, 0.15) is 5.00 Å². The third kappa shape index (κ3) is 5.17. The second kappa shape index (κ2) is 10.4. The van der Waals surface area contributed by atoms with Crippen molar-refractivity contribution in [3.05, 3.63) is 32.3 Å². The Bertz CT molecular complexity index is 1160. The van der Waals surface area contributed by atoms with Gasteiger partial charge in [0.25, 0.3) is 0 Å². The van der Waals surface area contributed by atoms with Gasteiger partial charge in [-0.2, -0.15) is 0 Å². The fourth-order valence-electron chi connectivity index (χ4n) is 3.97. The summed E-state index contributed by atoms with van der Waals surface area (Å²) in [6, 6.07) is 1.91. The van der Waals surface area contributed by atoms with Gasteiger partial charge < -0.3 is 10.1 Å². The summed E-state index contributed by atoms with van der Waals surface area (Å²) in [7, 11) is 0. The van der Waals surface area contributed by atoms with Crippen LogP contribution in [0.15, 0.2) is 16.6 Å². The van der Waals surface area contributed by atoms with Crippen LogP contribution in [0.4, 0.5) is 5.00 Å². The Morgan fingerprint density at radius 3 is 2.82 bits per heavy atom. The van der Waals surface area contributed by atoms with Crippen LogP contribution >= 0.6 is 34.4 Å². The number of amides is 1. The molecule has 7 nitrogen and oxygen atoms in total. The molecule has 1 aliphatic carbocycles. The second-order valence-corrected chi connectivity index (χ2v) is 11.3. The quantitative estimate of drug-likeness (QED) is 0.311. The Hall–Kier alpha value is -2.17. The van der Waals surface area contributed by atoms with Gasteiger partial charge in [0, 0.05) is 26.7 Å². The summed E-state index contributed by atoms with van der Waals surface area (Å²) in [5.41, 5.74) is 2.99. The van der Waals surface area contributed by atoms with E-state index >= 15 is 0 Å². The number of hydrogen-bond donors (Lipinski definition) is 1. The summed E-state index contributed by atoms with van der Waals surface area (Å²) >= 11 is 4.54. The van der Waals surface area contributed by atoms with Crippen molar-refractivity contribution in [1.29, 1.82) is 0 Å². The van der Waals surface area contributed by atoms with E-state index in [1.165, 1.54) is 51.9 Å². The minimum absolute atomic E-state index is 0.162. The van der Waals surface area contributed by atoms with E-state index in [1.807, 2.05) is 18.3 Å². The maximum Gasteiger partial charge on any atom is 0.341 e. The van der Waals surface area contributed by atoms with Gasteiger partial charge >= 0.3 is 5.97 Å². The Balaban J connectivity index is 1.49. The molecule has 0 saturated carbocycles. The molecule has 3 heterocycles. The molecule has 0 bridgehead atoms. The van der Waals surface area contributed by atoms with Gasteiger partial charge in [0.15, 0.2) is 11.0 Å². The molecule has 0 spiro atoms. The average Bonchev–Trinajstić information content (AvgIpc) is 3.48. The monoisotopic (exact) mass is 504 g/mol. The third-order valence-electron chi connectivity index (χ3n) is 5.42. The maximum atomic E-state index is 12.7. The highest BCUT2D eigenvalue weighted by Gasteiger charge is 2.24. The standard InChI is InChI=1S/C23H28N4O3S3/c1-5-30-22(29)16-10-14(4)33-21(16)24-19(28)12-32-23-26-25-20(27(23)13(2)3)17-11-31-18-9-7-6-8-15(17)18/h10-11,13H,5-9,12H2,1-4H3,(H,24,28). The number of ether oxygens (including phenoxy) is 1. The Morgan fingerprint density at radius 1 is 1.27 bits per heavy atom. The number of hydrogen-bond acceptors (Lipinski definition) is 8. The molecule has 0 aliphatic heterocycles. The van der Waals surface area contributed by atoms with E-state index in [0.717, 1.165) is 28.7 Å². The summed E-state index contributed by atoms with van der Waals surface area (Å²) in [5.74, 6) is 0.435. The normalized spacial score (nSPS) is 13.2. The number of carbonyl (C=O) groups excluding carboxylic acids is 2. The molecule has 1 amide bonds. The second-order valence-electron chi connectivity index (χ2n) is 8.19. The van der Waals surface area contributed by atoms with Crippen LogP contribution < -0.4 is 5.32 Å². The number of aryl methyl sites for hydroxylation is 2. The Kier molecular flexibility index (Phi) is 7.55. The molecule has 0 atom stereocenters. The minimum atomic E-state index is -0.423. The van der Waals surface area contributed by atoms with Crippen molar-refractivity contribution >= 4 is 51.3 Å². The fourth-order valence-corrected chi connectivity index (χ4v) is 6.87. The van der Waals surface area contributed by atoms with E-state index in [0.29, 0.717) is 10.6 Å². The Morgan fingerprint density at radius 2 is 2.06 bits per heavy atom. The summed E-state index contributed by atoms with van der Waals surface area (Å²) in [5, 5.41) is 15.3. The van der Waals surface area contributed by atoms with Crippen molar-refractivity contribution in [2.45, 2.75) is 64.6 Å². The highest BCUT2D eigenvalue weighted by atomic mass is 32.2. The number of anilines is 1. The van der Waals surface area contributed by atoms with Gasteiger partial charge in [-0.1, -0.05) is 11.8 Å². The molecule has 33 heavy (non-hydrogen) atoms. The molecule has 1 aliphatic rings. The molecule has 3 aromatic heterocycles. The van der Waals surface area contributed by atoms with E-state index < -0.39 is 5.97 Å². The first-order valence-electron chi connectivity index (χ1n) is 11.1. The van der Waals surface area contributed by atoms with Gasteiger partial charge in [0.05, 0.1) is 17.9 Å². The number of nitrogens with one attached hydrogen (secondary N) is 1. The zero-order valence-electron chi connectivity index (χ0n) is 19.3. The molecule has 0 saturated heterocycles. The van der Waals surface area contributed by atoms with Crippen LogP contribution in [0.2, 0.25) is 0 Å². The summed E-state index contributed by atoms with van der Waals surface area (Å²) < 4.78 is 7.22. The molecule has 0 aromatic carbocycles. The van der Waals surface area contributed by atoms with Crippen molar-refractivity contribution in [2.75, 3.05) is 17.7 Å². The predicted octanol–water partition coefficient (Wildman–Crippen LogP) is 5.74. The smallest absolute Gasteiger partial charge is 0.341 e. The van der Waals surface area contributed by atoms with Crippen LogP contribution in [0.25, 0.3) is 11.4 Å². The topological polar surface area (TPSA) is 86.1 Å². The summed E-state index contributed by atoms with van der Waals surface area (Å²) in [6.45, 7) is 8.16. The fraction of sp³-hybridized carbons (Fsp3) is 0.478. The zero-order chi connectivity index (χ0) is 23.5. The van der Waals surface area contributed by atoms with Gasteiger partial charge in [-0.3, -0.25) is 9.36 Å². The Labute approximate surface area is 206 Å². The summed E-state index contributed by atoms with van der Waals surface area (Å²) in [4.78, 5) is 27.3. The number of aromatic nitrogens is 3. The molecule has 0 radical (unpaired) electrons. The average molecular weight is 505 g/mol. The number of nitrogens with zero attached hydrogens (tertiary/aromatic N) is 3. The SMILES string of the molecule is CCOC(=O)c1cc(C)sc1NC(=O)CSc1nnc(-c2csc3c2CCCC3)n1C(C)C. The van der Waals surface area contributed by atoms with Gasteiger partial charge in [-0.05, 0) is 65.0 Å². The number of carbonyl (C=O) groups is 2. The molecule has 4 rings (SSSR count). The summed E-state index contributed by atoms with van der Waals surface area (Å²) in [6.07, 6.45) is 4.70. The van der Waals surface area contributed by atoms with Crippen LogP contribution in [0.1, 0.15) is 65.3 Å². The van der Waals surface area contributed by atoms with E-state index in [2.05, 4.69) is 39.3 Å². The largest absolute Gasteiger partial charge is 0.462 e. The number of thiophene rings is 2.